The van der Waals surface area contributed by atoms with Gasteiger partial charge in [-0.25, -0.2) is 9.97 Å². The molecule has 1 aromatic carbocycles. The minimum Gasteiger partial charge on any atom is -0.383 e. The Balaban J connectivity index is 1.28. The number of ether oxygens (including phenoxy) is 1. The fourth-order valence-electron chi connectivity index (χ4n) is 4.11. The first-order chi connectivity index (χ1) is 15.7. The van der Waals surface area contributed by atoms with Crippen LogP contribution in [0.3, 0.4) is 0 Å². The highest BCUT2D eigenvalue weighted by molar-refractivity contribution is 7.20. The zero-order valence-corrected chi connectivity index (χ0v) is 18.7. The van der Waals surface area contributed by atoms with Crippen LogP contribution in [0.4, 0.5) is 11.5 Å². The second-order valence-corrected chi connectivity index (χ2v) is 9.07. The Morgan fingerprint density at radius 1 is 1.25 bits per heavy atom. The molecule has 0 saturated carbocycles. The van der Waals surface area contributed by atoms with E-state index >= 15 is 0 Å². The maximum absolute atomic E-state index is 12.9. The van der Waals surface area contributed by atoms with Crippen LogP contribution in [-0.4, -0.2) is 65.2 Å². The Bertz CT molecular complexity index is 1230. The molecule has 32 heavy (non-hydrogen) atoms. The second kappa shape index (κ2) is 9.23. The van der Waals surface area contributed by atoms with Gasteiger partial charge in [0, 0.05) is 55.6 Å². The molecule has 0 aliphatic carbocycles. The maximum Gasteiger partial charge on any atom is 0.261 e. The van der Waals surface area contributed by atoms with Gasteiger partial charge in [-0.15, -0.1) is 11.3 Å². The molecular formula is C23H26N6O2S. The van der Waals surface area contributed by atoms with Gasteiger partial charge in [0.1, 0.15) is 17.0 Å². The number of methoxy groups -OCH3 is 1. The molecule has 0 atom stereocenters. The minimum absolute atomic E-state index is 0.0389. The molecule has 3 N–H and O–H groups in total. The number of aromatic amines is 1. The SMILES string of the molecule is COCCN1CCC(NC(=O)c2cc3c(Nc4ccc5[nH]ccc5c4)ncnc3s2)CC1. The van der Waals surface area contributed by atoms with Crippen LogP contribution in [0, 0.1) is 0 Å². The van der Waals surface area contributed by atoms with E-state index in [1.165, 1.54) is 17.7 Å². The molecular weight excluding hydrogens is 424 g/mol. The van der Waals surface area contributed by atoms with Gasteiger partial charge in [-0.1, -0.05) is 0 Å². The fraction of sp³-hybridized carbons (Fsp3) is 0.348. The van der Waals surface area contributed by atoms with Crippen LogP contribution in [0.5, 0.6) is 0 Å². The summed E-state index contributed by atoms with van der Waals surface area (Å²) in [4.78, 5) is 28.7. The molecule has 166 valence electrons. The van der Waals surface area contributed by atoms with Crippen LogP contribution in [0.2, 0.25) is 0 Å². The highest BCUT2D eigenvalue weighted by Crippen LogP contribution is 2.31. The summed E-state index contributed by atoms with van der Waals surface area (Å²) in [5.41, 5.74) is 2.02. The van der Waals surface area contributed by atoms with E-state index < -0.39 is 0 Å². The maximum atomic E-state index is 12.9. The third-order valence-electron chi connectivity index (χ3n) is 5.90. The number of likely N-dealkylation sites (tertiary alicyclic amines) is 1. The highest BCUT2D eigenvalue weighted by atomic mass is 32.1. The number of amides is 1. The van der Waals surface area contributed by atoms with Gasteiger partial charge >= 0.3 is 0 Å². The number of nitrogens with one attached hydrogen (secondary N) is 3. The standard InChI is InChI=1S/C23H26N6O2S/c1-31-11-10-29-8-5-16(6-9-29)28-22(30)20-13-18-21(25-14-26-23(18)32-20)27-17-2-3-19-15(12-17)4-7-24-19/h2-4,7,12-14,16,24H,5-6,8-11H2,1H3,(H,28,30)(H,25,26,27). The summed E-state index contributed by atoms with van der Waals surface area (Å²) in [5.74, 6) is 0.662. The van der Waals surface area contributed by atoms with Gasteiger partial charge in [0.2, 0.25) is 0 Å². The van der Waals surface area contributed by atoms with Crippen molar-refractivity contribution in [3.8, 4) is 0 Å². The average molecular weight is 451 g/mol. The van der Waals surface area contributed by atoms with Crippen molar-refractivity contribution in [2.75, 3.05) is 38.7 Å². The fourth-order valence-corrected chi connectivity index (χ4v) is 5.01. The molecule has 3 aromatic heterocycles. The molecule has 0 spiro atoms. The van der Waals surface area contributed by atoms with E-state index in [1.54, 1.807) is 7.11 Å². The summed E-state index contributed by atoms with van der Waals surface area (Å²) in [6, 6.07) is 10.2. The van der Waals surface area contributed by atoms with Crippen molar-refractivity contribution in [3.05, 3.63) is 47.7 Å². The smallest absolute Gasteiger partial charge is 0.261 e. The summed E-state index contributed by atoms with van der Waals surface area (Å²) in [5, 5.41) is 8.56. The number of aromatic nitrogens is 3. The first-order valence-corrected chi connectivity index (χ1v) is 11.6. The topological polar surface area (TPSA) is 95.2 Å². The van der Waals surface area contributed by atoms with Crippen LogP contribution in [0.1, 0.15) is 22.5 Å². The van der Waals surface area contributed by atoms with Crippen LogP contribution in [-0.2, 0) is 4.74 Å². The quantitative estimate of drug-likeness (QED) is 0.397. The van der Waals surface area contributed by atoms with Crippen molar-refractivity contribution in [1.82, 2.24) is 25.2 Å². The Morgan fingerprint density at radius 2 is 2.12 bits per heavy atom. The van der Waals surface area contributed by atoms with E-state index in [4.69, 9.17) is 4.74 Å². The van der Waals surface area contributed by atoms with E-state index in [9.17, 15) is 4.79 Å². The number of benzene rings is 1. The molecule has 4 aromatic rings. The number of carbonyl (C=O) groups is 1. The first-order valence-electron chi connectivity index (χ1n) is 10.8. The van der Waals surface area contributed by atoms with Gasteiger partial charge in [-0.3, -0.25) is 4.79 Å². The number of nitrogens with zero attached hydrogens (tertiary/aromatic N) is 3. The number of H-pyrrole nitrogens is 1. The van der Waals surface area contributed by atoms with Gasteiger partial charge in [-0.2, -0.15) is 0 Å². The molecule has 9 heteroatoms. The predicted octanol–water partition coefficient (Wildman–Crippen LogP) is 3.76. The summed E-state index contributed by atoms with van der Waals surface area (Å²) >= 11 is 1.40. The Labute approximate surface area is 190 Å². The van der Waals surface area contributed by atoms with Crippen LogP contribution in [0.15, 0.2) is 42.9 Å². The third-order valence-corrected chi connectivity index (χ3v) is 6.95. The van der Waals surface area contributed by atoms with Gasteiger partial charge in [0.25, 0.3) is 5.91 Å². The first kappa shape index (κ1) is 20.9. The number of hydrogen-bond acceptors (Lipinski definition) is 7. The molecule has 1 amide bonds. The van der Waals surface area contributed by atoms with Gasteiger partial charge < -0.3 is 25.3 Å². The number of piperidine rings is 1. The molecule has 1 aliphatic rings. The van der Waals surface area contributed by atoms with Gasteiger partial charge in [0.05, 0.1) is 16.9 Å². The lowest BCUT2D eigenvalue weighted by molar-refractivity contribution is 0.0896. The molecule has 0 radical (unpaired) electrons. The normalized spacial score (nSPS) is 15.4. The number of hydrogen-bond donors (Lipinski definition) is 3. The van der Waals surface area contributed by atoms with Crippen LogP contribution >= 0.6 is 11.3 Å². The second-order valence-electron chi connectivity index (χ2n) is 8.04. The number of thiophene rings is 1. The molecule has 1 fully saturated rings. The highest BCUT2D eigenvalue weighted by Gasteiger charge is 2.22. The summed E-state index contributed by atoms with van der Waals surface area (Å²) in [6.45, 7) is 3.64. The van der Waals surface area contributed by atoms with Crippen LogP contribution in [0.25, 0.3) is 21.1 Å². The molecule has 1 aliphatic heterocycles. The lowest BCUT2D eigenvalue weighted by atomic mass is 10.1. The minimum atomic E-state index is -0.0389. The number of rotatable bonds is 7. The Hall–Kier alpha value is -3.01. The van der Waals surface area contributed by atoms with Crippen molar-refractivity contribution in [2.45, 2.75) is 18.9 Å². The van der Waals surface area contributed by atoms with Gasteiger partial charge in [-0.05, 0) is 43.2 Å². The largest absolute Gasteiger partial charge is 0.383 e. The zero-order valence-electron chi connectivity index (χ0n) is 17.9. The molecule has 5 rings (SSSR count). The molecule has 1 saturated heterocycles. The zero-order chi connectivity index (χ0) is 21.9. The van der Waals surface area contributed by atoms with E-state index in [0.29, 0.717) is 10.7 Å². The average Bonchev–Trinajstić information content (AvgIpc) is 3.46. The summed E-state index contributed by atoms with van der Waals surface area (Å²) < 4.78 is 5.16. The van der Waals surface area contributed by atoms with Crippen molar-refractivity contribution in [2.24, 2.45) is 0 Å². The van der Waals surface area contributed by atoms with E-state index in [2.05, 4.69) is 36.6 Å². The molecule has 4 heterocycles. The van der Waals surface area contributed by atoms with Crippen LogP contribution < -0.4 is 10.6 Å². The van der Waals surface area contributed by atoms with E-state index in [-0.39, 0.29) is 11.9 Å². The van der Waals surface area contributed by atoms with Crippen molar-refractivity contribution >= 4 is 49.9 Å². The number of carbonyl (C=O) groups excluding carboxylic acids is 1. The molecule has 8 nitrogen and oxygen atoms in total. The van der Waals surface area contributed by atoms with Crippen molar-refractivity contribution in [3.63, 3.8) is 0 Å². The molecule has 0 bridgehead atoms. The lowest BCUT2D eigenvalue weighted by Gasteiger charge is -2.32. The molecule has 0 unspecified atom stereocenters. The summed E-state index contributed by atoms with van der Waals surface area (Å²) in [6.07, 6.45) is 5.36. The van der Waals surface area contributed by atoms with Crippen molar-refractivity contribution in [1.29, 1.82) is 0 Å². The monoisotopic (exact) mass is 450 g/mol. The Kier molecular flexibility index (Phi) is 6.02. The number of anilines is 2. The van der Waals surface area contributed by atoms with E-state index in [1.807, 2.05) is 30.5 Å². The number of fused-ring (bicyclic) bond motifs is 2. The summed E-state index contributed by atoms with van der Waals surface area (Å²) in [7, 11) is 1.73. The third kappa shape index (κ3) is 4.45. The van der Waals surface area contributed by atoms with Gasteiger partial charge in [0.15, 0.2) is 0 Å². The lowest BCUT2D eigenvalue weighted by Crippen LogP contribution is -2.45. The Morgan fingerprint density at radius 3 is 2.97 bits per heavy atom. The van der Waals surface area contributed by atoms with E-state index in [0.717, 1.165) is 65.9 Å². The van der Waals surface area contributed by atoms with Crippen molar-refractivity contribution < 1.29 is 9.53 Å². The predicted molar refractivity (Wildman–Crippen MR) is 128 cm³/mol.